The molecule has 1 fully saturated rings. The zero-order valence-corrected chi connectivity index (χ0v) is 19.5. The Hall–Kier alpha value is -2.91. The van der Waals surface area contributed by atoms with Gasteiger partial charge in [-0.15, -0.1) is 0 Å². The number of hydrogen-bond acceptors (Lipinski definition) is 4. The number of H-pyrrole nitrogens is 1. The molecule has 3 aromatic rings. The van der Waals surface area contributed by atoms with E-state index < -0.39 is 0 Å². The van der Waals surface area contributed by atoms with Crippen molar-refractivity contribution >= 4 is 34.8 Å². The molecule has 9 heteroatoms. The Balaban J connectivity index is 1.05. The first-order chi connectivity index (χ1) is 16.5. The normalized spacial score (nSPS) is 24.5. The number of rotatable bonds is 5. The van der Waals surface area contributed by atoms with E-state index in [2.05, 4.69) is 32.2 Å². The number of benzene rings is 2. The minimum atomic E-state index is -0.368. The Morgan fingerprint density at radius 2 is 2.03 bits per heavy atom. The molecule has 2 amide bonds. The smallest absolute Gasteiger partial charge is 0.324 e. The molecule has 6 rings (SSSR count). The highest BCUT2D eigenvalue weighted by molar-refractivity contribution is 6.30. The first-order valence-corrected chi connectivity index (χ1v) is 12.2. The molecule has 1 aromatic heterocycles. The number of carbonyl (C=O) groups excluding carboxylic acids is 1. The lowest BCUT2D eigenvalue weighted by Gasteiger charge is -2.39. The summed E-state index contributed by atoms with van der Waals surface area (Å²) in [6.07, 6.45) is 4.53. The standard InChI is InChI=1S/C25H27ClN6O2/c26-17-7-6-15-10-18(11-16(15)9-17)27-14-19-12-24(31-30-19)29-25(33)28-22-4-1-5-23-21(22)13-20-3-2-8-32(20,23)34/h1,4-7,9,12,18,20,27H,2-3,8,10-11,13-14H2,(H3,28,29,30,31,33). The number of carbonyl (C=O) groups is 1. The fourth-order valence-corrected chi connectivity index (χ4v) is 5.98. The van der Waals surface area contributed by atoms with Crippen LogP contribution in [0.3, 0.4) is 0 Å². The van der Waals surface area contributed by atoms with Crippen LogP contribution in [0.15, 0.2) is 42.5 Å². The zero-order valence-electron chi connectivity index (χ0n) is 18.7. The average Bonchev–Trinajstić information content (AvgIpc) is 3.55. The molecule has 176 valence electrons. The average molecular weight is 479 g/mol. The van der Waals surface area contributed by atoms with Crippen molar-refractivity contribution in [1.82, 2.24) is 20.2 Å². The van der Waals surface area contributed by atoms with E-state index in [1.807, 2.05) is 36.4 Å². The summed E-state index contributed by atoms with van der Waals surface area (Å²) in [5, 5.41) is 30.5. The van der Waals surface area contributed by atoms with Gasteiger partial charge in [0.2, 0.25) is 0 Å². The maximum Gasteiger partial charge on any atom is 0.324 e. The third-order valence-electron chi connectivity index (χ3n) is 7.42. The van der Waals surface area contributed by atoms with Crippen molar-refractivity contribution in [3.8, 4) is 0 Å². The molecule has 3 unspecified atom stereocenters. The lowest BCUT2D eigenvalue weighted by Crippen LogP contribution is -2.44. The van der Waals surface area contributed by atoms with Crippen LogP contribution in [0.4, 0.5) is 22.0 Å². The lowest BCUT2D eigenvalue weighted by atomic mass is 10.1. The van der Waals surface area contributed by atoms with Crippen molar-refractivity contribution in [3.05, 3.63) is 75.1 Å². The molecule has 3 heterocycles. The van der Waals surface area contributed by atoms with E-state index >= 15 is 0 Å². The number of aromatic nitrogens is 2. The molecule has 2 aliphatic heterocycles. The van der Waals surface area contributed by atoms with E-state index in [1.165, 1.54) is 11.1 Å². The molecule has 1 aliphatic carbocycles. The molecule has 1 saturated heterocycles. The number of nitrogens with zero attached hydrogens (tertiary/aromatic N) is 2. The molecule has 0 radical (unpaired) electrons. The molecule has 34 heavy (non-hydrogen) atoms. The largest absolute Gasteiger partial charge is 0.627 e. The van der Waals surface area contributed by atoms with Crippen LogP contribution < -0.4 is 20.6 Å². The number of hydroxylamine groups is 2. The number of aromatic amines is 1. The molecule has 3 atom stereocenters. The van der Waals surface area contributed by atoms with Crippen LogP contribution in [0.2, 0.25) is 5.02 Å². The highest BCUT2D eigenvalue weighted by Crippen LogP contribution is 2.46. The third-order valence-corrected chi connectivity index (χ3v) is 7.65. The second-order valence-corrected chi connectivity index (χ2v) is 10.0. The van der Waals surface area contributed by atoms with Crippen molar-refractivity contribution in [3.63, 3.8) is 0 Å². The molecule has 2 aromatic carbocycles. The summed E-state index contributed by atoms with van der Waals surface area (Å²) in [4.78, 5) is 12.7. The van der Waals surface area contributed by atoms with Gasteiger partial charge in [-0.25, -0.2) is 4.79 Å². The van der Waals surface area contributed by atoms with E-state index in [0.717, 1.165) is 47.7 Å². The number of hydrogen-bond donors (Lipinski definition) is 4. The number of nitrogens with one attached hydrogen (secondary N) is 4. The van der Waals surface area contributed by atoms with E-state index in [9.17, 15) is 10.0 Å². The van der Waals surface area contributed by atoms with Crippen LogP contribution in [0.25, 0.3) is 0 Å². The van der Waals surface area contributed by atoms with E-state index in [4.69, 9.17) is 11.6 Å². The van der Waals surface area contributed by atoms with Gasteiger partial charge in [0.25, 0.3) is 0 Å². The highest BCUT2D eigenvalue weighted by atomic mass is 35.5. The van der Waals surface area contributed by atoms with Crippen LogP contribution in [-0.2, 0) is 25.8 Å². The minimum Gasteiger partial charge on any atom is -0.627 e. The highest BCUT2D eigenvalue weighted by Gasteiger charge is 2.45. The lowest BCUT2D eigenvalue weighted by molar-refractivity contribution is 0.262. The predicted molar refractivity (Wildman–Crippen MR) is 134 cm³/mol. The molecule has 0 spiro atoms. The minimum absolute atomic E-state index is 0.0760. The molecule has 0 saturated carbocycles. The number of quaternary nitrogens is 1. The van der Waals surface area contributed by atoms with Crippen molar-refractivity contribution in [2.24, 2.45) is 0 Å². The zero-order chi connectivity index (χ0) is 23.3. The molecule has 8 nitrogen and oxygen atoms in total. The predicted octanol–water partition coefficient (Wildman–Crippen LogP) is 4.49. The topological polar surface area (TPSA) is 105 Å². The van der Waals surface area contributed by atoms with Crippen LogP contribution in [-0.4, -0.2) is 34.9 Å². The first kappa shape index (κ1) is 21.6. The summed E-state index contributed by atoms with van der Waals surface area (Å²) in [6, 6.07) is 13.6. The molecular weight excluding hydrogens is 452 g/mol. The number of anilines is 2. The Morgan fingerprint density at radius 3 is 2.94 bits per heavy atom. The molecule has 3 aliphatic rings. The summed E-state index contributed by atoms with van der Waals surface area (Å²) in [6.45, 7) is 1.25. The van der Waals surface area contributed by atoms with Gasteiger partial charge in [0.15, 0.2) is 5.82 Å². The van der Waals surface area contributed by atoms with Crippen molar-refractivity contribution in [2.75, 3.05) is 17.2 Å². The fraction of sp³-hybridized carbons (Fsp3) is 0.360. The van der Waals surface area contributed by atoms with Gasteiger partial charge in [0, 0.05) is 48.5 Å². The first-order valence-electron chi connectivity index (χ1n) is 11.8. The maximum absolute atomic E-state index is 13.2. The number of halogens is 1. The number of amides is 2. The Kier molecular flexibility index (Phi) is 5.33. The SMILES string of the molecule is O=C(Nc1cc(CNC2Cc3ccc(Cl)cc3C2)[nH]n1)Nc1cccc2c1CC1CCC[N+]21[O-]. The van der Waals surface area contributed by atoms with Gasteiger partial charge in [0.1, 0.15) is 5.69 Å². The van der Waals surface area contributed by atoms with Crippen LogP contribution in [0.1, 0.15) is 35.2 Å². The van der Waals surface area contributed by atoms with Crippen LogP contribution in [0.5, 0.6) is 0 Å². The summed E-state index contributed by atoms with van der Waals surface area (Å²) < 4.78 is -0.249. The van der Waals surface area contributed by atoms with Crippen LogP contribution in [0, 0.1) is 5.21 Å². The van der Waals surface area contributed by atoms with Crippen molar-refractivity contribution in [2.45, 2.75) is 50.7 Å². The molecule has 0 bridgehead atoms. The summed E-state index contributed by atoms with van der Waals surface area (Å²) >= 11 is 6.11. The van der Waals surface area contributed by atoms with Gasteiger partial charge in [-0.3, -0.25) is 10.4 Å². The van der Waals surface area contributed by atoms with Crippen molar-refractivity contribution in [1.29, 1.82) is 0 Å². The second-order valence-electron chi connectivity index (χ2n) is 9.58. The third kappa shape index (κ3) is 3.86. The van der Waals surface area contributed by atoms with Gasteiger partial charge in [-0.1, -0.05) is 23.7 Å². The van der Waals surface area contributed by atoms with Gasteiger partial charge in [0.05, 0.1) is 24.0 Å². The van der Waals surface area contributed by atoms with E-state index in [0.29, 0.717) is 37.1 Å². The fourth-order valence-electron chi connectivity index (χ4n) is 5.79. The van der Waals surface area contributed by atoms with Gasteiger partial charge >= 0.3 is 6.03 Å². The summed E-state index contributed by atoms with van der Waals surface area (Å²) in [7, 11) is 0. The van der Waals surface area contributed by atoms with Gasteiger partial charge < -0.3 is 20.5 Å². The monoisotopic (exact) mass is 478 g/mol. The molecular formula is C25H27ClN6O2. The van der Waals surface area contributed by atoms with E-state index in [1.54, 1.807) is 0 Å². The number of urea groups is 1. The van der Waals surface area contributed by atoms with E-state index in [-0.39, 0.29) is 16.7 Å². The maximum atomic E-state index is 13.2. The quantitative estimate of drug-likeness (QED) is 0.320. The van der Waals surface area contributed by atoms with Crippen molar-refractivity contribution < 1.29 is 4.79 Å². The Morgan fingerprint density at radius 1 is 1.15 bits per heavy atom. The van der Waals surface area contributed by atoms with Gasteiger partial charge in [-0.2, -0.15) is 5.10 Å². The Labute approximate surface area is 202 Å². The van der Waals surface area contributed by atoms with Crippen LogP contribution >= 0.6 is 11.6 Å². The molecule has 4 N–H and O–H groups in total. The Bertz CT molecular complexity index is 1260. The number of fused-ring (bicyclic) bond motifs is 4. The van der Waals surface area contributed by atoms with Gasteiger partial charge in [-0.05, 0) is 48.2 Å². The summed E-state index contributed by atoms with van der Waals surface area (Å²) in [5.74, 6) is 0.455. The second kappa shape index (κ2) is 8.39. The summed E-state index contributed by atoms with van der Waals surface area (Å²) in [5.41, 5.74) is 5.99.